The number of pyridine rings is 1. The second kappa shape index (κ2) is 7.22. The van der Waals surface area contributed by atoms with E-state index in [-0.39, 0.29) is 5.82 Å². The Balaban J connectivity index is 2.06. The second-order valence-electron chi connectivity index (χ2n) is 5.89. The highest BCUT2D eigenvalue weighted by atomic mass is 35.5. The summed E-state index contributed by atoms with van der Waals surface area (Å²) in [5, 5.41) is 0. The summed E-state index contributed by atoms with van der Waals surface area (Å²) in [7, 11) is 0. The van der Waals surface area contributed by atoms with Crippen LogP contribution < -0.4 is 0 Å². The van der Waals surface area contributed by atoms with Gasteiger partial charge < -0.3 is 4.57 Å². The largest absolute Gasteiger partial charge is 0.323 e. The normalized spacial score (nSPS) is 11.2. The van der Waals surface area contributed by atoms with Gasteiger partial charge in [-0.05, 0) is 36.2 Å². The van der Waals surface area contributed by atoms with E-state index in [4.69, 9.17) is 11.6 Å². The van der Waals surface area contributed by atoms with Gasteiger partial charge in [-0.15, -0.1) is 11.6 Å². The van der Waals surface area contributed by atoms with Crippen molar-refractivity contribution in [2.75, 3.05) is 5.88 Å². The molecule has 3 aromatic heterocycles. The molecule has 0 aliphatic heterocycles. The quantitative estimate of drug-likeness (QED) is 0.470. The minimum absolute atomic E-state index is 0.267. The van der Waals surface area contributed by atoms with Gasteiger partial charge >= 0.3 is 0 Å². The minimum Gasteiger partial charge on any atom is -0.323 e. The number of rotatable bonds is 5. The molecule has 0 fully saturated rings. The van der Waals surface area contributed by atoms with Crippen LogP contribution in [0.5, 0.6) is 0 Å². The number of hydrogen-bond donors (Lipinski definition) is 0. The van der Waals surface area contributed by atoms with Crippen molar-refractivity contribution in [1.82, 2.24) is 19.5 Å². The number of hydrogen-bond acceptors (Lipinski definition) is 3. The Bertz CT molecular complexity index is 1030. The number of fused-ring (bicyclic) bond motifs is 1. The molecule has 0 saturated carbocycles. The number of aromatic nitrogens is 4. The van der Waals surface area contributed by atoms with Crippen LogP contribution in [0, 0.1) is 5.82 Å². The first-order valence-corrected chi connectivity index (χ1v) is 8.88. The summed E-state index contributed by atoms with van der Waals surface area (Å²) in [4.78, 5) is 13.2. The highest BCUT2D eigenvalue weighted by molar-refractivity contribution is 6.17. The number of aryl methyl sites for hydroxylation is 1. The van der Waals surface area contributed by atoms with Crippen molar-refractivity contribution in [2.24, 2.45) is 0 Å². The Morgan fingerprint density at radius 2 is 1.62 bits per heavy atom. The third kappa shape index (κ3) is 2.95. The maximum atomic E-state index is 13.5. The van der Waals surface area contributed by atoms with Gasteiger partial charge in [0.1, 0.15) is 11.3 Å². The van der Waals surface area contributed by atoms with E-state index < -0.39 is 0 Å². The molecule has 4 aromatic rings. The zero-order chi connectivity index (χ0) is 17.9. The van der Waals surface area contributed by atoms with Crippen molar-refractivity contribution in [3.8, 4) is 22.4 Å². The number of alkyl halides is 1. The van der Waals surface area contributed by atoms with Crippen LogP contribution in [0.4, 0.5) is 4.39 Å². The molecule has 6 heteroatoms. The lowest BCUT2D eigenvalue weighted by molar-refractivity contribution is 0.628. The molecule has 3 heterocycles. The van der Waals surface area contributed by atoms with Gasteiger partial charge in [0.25, 0.3) is 0 Å². The Hall–Kier alpha value is -2.79. The fourth-order valence-corrected chi connectivity index (χ4v) is 3.31. The summed E-state index contributed by atoms with van der Waals surface area (Å²) in [5.41, 5.74) is 5.42. The molecule has 0 aliphatic rings. The predicted octanol–water partition coefficient (Wildman–Crippen LogP) is 4.93. The SMILES string of the molecule is Fc1ccc(-c2c(-c3ccncc3)n(CCCCl)c3nccnc23)cc1. The molecule has 0 spiro atoms. The standard InChI is InChI=1S/C20H16ClFN4/c21-8-1-13-26-19(15-6-9-23-10-7-15)17(14-2-4-16(22)5-3-14)18-20(26)25-12-11-24-18/h2-7,9-12H,1,8,13H2. The van der Waals surface area contributed by atoms with Crippen molar-refractivity contribution in [1.29, 1.82) is 0 Å². The van der Waals surface area contributed by atoms with Crippen LogP contribution in [0.15, 0.2) is 61.2 Å². The Kier molecular flexibility index (Phi) is 4.63. The lowest BCUT2D eigenvalue weighted by Gasteiger charge is -2.11. The number of nitrogens with zero attached hydrogens (tertiary/aromatic N) is 4. The van der Waals surface area contributed by atoms with E-state index in [9.17, 15) is 4.39 Å². The van der Waals surface area contributed by atoms with Crippen LogP contribution in [0.2, 0.25) is 0 Å². The van der Waals surface area contributed by atoms with E-state index in [0.717, 1.165) is 46.5 Å². The van der Waals surface area contributed by atoms with Gasteiger partial charge in [-0.2, -0.15) is 0 Å². The van der Waals surface area contributed by atoms with Crippen molar-refractivity contribution in [3.05, 3.63) is 67.0 Å². The van der Waals surface area contributed by atoms with E-state index >= 15 is 0 Å². The molecule has 0 unspecified atom stereocenters. The summed E-state index contributed by atoms with van der Waals surface area (Å²) < 4.78 is 15.6. The van der Waals surface area contributed by atoms with Gasteiger partial charge in [-0.1, -0.05) is 12.1 Å². The van der Waals surface area contributed by atoms with Crippen LogP contribution in [-0.2, 0) is 6.54 Å². The molecular weight excluding hydrogens is 351 g/mol. The number of benzene rings is 1. The monoisotopic (exact) mass is 366 g/mol. The fourth-order valence-electron chi connectivity index (χ4n) is 3.19. The molecule has 0 bridgehead atoms. The molecule has 0 aliphatic carbocycles. The maximum absolute atomic E-state index is 13.5. The summed E-state index contributed by atoms with van der Waals surface area (Å²) >= 11 is 5.94. The third-order valence-electron chi connectivity index (χ3n) is 4.28. The highest BCUT2D eigenvalue weighted by Gasteiger charge is 2.21. The lowest BCUT2D eigenvalue weighted by atomic mass is 10.0. The molecule has 26 heavy (non-hydrogen) atoms. The first-order chi connectivity index (χ1) is 12.8. The van der Waals surface area contributed by atoms with E-state index in [2.05, 4.69) is 19.5 Å². The Morgan fingerprint density at radius 1 is 0.885 bits per heavy atom. The van der Waals surface area contributed by atoms with Crippen molar-refractivity contribution in [3.63, 3.8) is 0 Å². The van der Waals surface area contributed by atoms with Crippen LogP contribution >= 0.6 is 11.6 Å². The summed E-state index contributed by atoms with van der Waals surface area (Å²) in [5.74, 6) is 0.290. The van der Waals surface area contributed by atoms with Crippen LogP contribution in [-0.4, -0.2) is 25.4 Å². The van der Waals surface area contributed by atoms with Gasteiger partial charge in [0.05, 0.1) is 5.69 Å². The lowest BCUT2D eigenvalue weighted by Crippen LogP contribution is -2.02. The predicted molar refractivity (Wildman–Crippen MR) is 101 cm³/mol. The van der Waals surface area contributed by atoms with Gasteiger partial charge in [-0.3, -0.25) is 9.97 Å². The van der Waals surface area contributed by atoms with Gasteiger partial charge in [0.2, 0.25) is 0 Å². The zero-order valence-corrected chi connectivity index (χ0v) is 14.7. The fraction of sp³-hybridized carbons (Fsp3) is 0.150. The third-order valence-corrected chi connectivity index (χ3v) is 4.55. The molecular formula is C20H16ClFN4. The topological polar surface area (TPSA) is 43.6 Å². The number of halogens is 2. The molecule has 0 amide bonds. The van der Waals surface area contributed by atoms with Gasteiger partial charge in [-0.25, -0.2) is 9.37 Å². The van der Waals surface area contributed by atoms with Crippen molar-refractivity contribution < 1.29 is 4.39 Å². The van der Waals surface area contributed by atoms with Crippen molar-refractivity contribution >= 4 is 22.8 Å². The van der Waals surface area contributed by atoms with Gasteiger partial charge in [0.15, 0.2) is 5.65 Å². The summed E-state index contributed by atoms with van der Waals surface area (Å²) in [6.45, 7) is 0.720. The maximum Gasteiger partial charge on any atom is 0.159 e. The summed E-state index contributed by atoms with van der Waals surface area (Å²) in [6.07, 6.45) is 7.69. The average molecular weight is 367 g/mol. The average Bonchev–Trinajstić information content (AvgIpc) is 3.02. The smallest absolute Gasteiger partial charge is 0.159 e. The van der Waals surface area contributed by atoms with E-state index in [1.54, 1.807) is 36.9 Å². The molecule has 4 rings (SSSR count). The van der Waals surface area contributed by atoms with Gasteiger partial charge in [0, 0.05) is 48.3 Å². The second-order valence-corrected chi connectivity index (χ2v) is 6.27. The van der Waals surface area contributed by atoms with Crippen molar-refractivity contribution in [2.45, 2.75) is 13.0 Å². The Labute approximate surface area is 155 Å². The molecule has 0 N–H and O–H groups in total. The zero-order valence-electron chi connectivity index (χ0n) is 13.9. The Morgan fingerprint density at radius 3 is 2.35 bits per heavy atom. The molecule has 4 nitrogen and oxygen atoms in total. The van der Waals surface area contributed by atoms with Crippen LogP contribution in [0.25, 0.3) is 33.5 Å². The first-order valence-electron chi connectivity index (χ1n) is 8.35. The molecule has 0 radical (unpaired) electrons. The molecule has 0 atom stereocenters. The van der Waals surface area contributed by atoms with E-state index in [0.29, 0.717) is 5.88 Å². The van der Waals surface area contributed by atoms with E-state index in [1.165, 1.54) is 12.1 Å². The molecule has 1 aromatic carbocycles. The minimum atomic E-state index is -0.267. The molecule has 130 valence electrons. The van der Waals surface area contributed by atoms with Crippen LogP contribution in [0.1, 0.15) is 6.42 Å². The van der Waals surface area contributed by atoms with Crippen LogP contribution in [0.3, 0.4) is 0 Å². The molecule has 0 saturated heterocycles. The highest BCUT2D eigenvalue weighted by Crippen LogP contribution is 2.39. The first kappa shape index (κ1) is 16.7. The summed E-state index contributed by atoms with van der Waals surface area (Å²) in [6, 6.07) is 10.4. The van der Waals surface area contributed by atoms with E-state index in [1.807, 2.05) is 12.1 Å².